The molecule has 0 saturated carbocycles. The lowest BCUT2D eigenvalue weighted by Gasteiger charge is -2.13. The number of carbonyl (C=O) groups excluding carboxylic acids is 1. The van der Waals surface area contributed by atoms with Crippen molar-refractivity contribution in [1.29, 1.82) is 0 Å². The molecule has 120 valence electrons. The zero-order valence-electron chi connectivity index (χ0n) is 13.1. The van der Waals surface area contributed by atoms with E-state index in [0.29, 0.717) is 5.57 Å². The van der Waals surface area contributed by atoms with Gasteiger partial charge in [0.2, 0.25) is 0 Å². The number of nitrogens with one attached hydrogen (secondary N) is 1. The maximum absolute atomic E-state index is 12.1. The number of rotatable bonds is 1. The van der Waals surface area contributed by atoms with Gasteiger partial charge in [0.05, 0.1) is 0 Å². The summed E-state index contributed by atoms with van der Waals surface area (Å²) in [6.07, 6.45) is 14.5. The third-order valence-electron chi connectivity index (χ3n) is 2.21. The minimum absolute atomic E-state index is 0.0205. The molecule has 0 aliphatic heterocycles. The van der Waals surface area contributed by atoms with Crippen LogP contribution < -0.4 is 5.32 Å². The third kappa shape index (κ3) is 8.01. The molecule has 1 aliphatic carbocycles. The highest BCUT2D eigenvalue weighted by atomic mass is 19.4. The van der Waals surface area contributed by atoms with Gasteiger partial charge in [-0.1, -0.05) is 45.8 Å². The smallest absolute Gasteiger partial charge is 0.318 e. The number of hydrogen-bond acceptors (Lipinski definition) is 1. The number of halogens is 3. The fraction of sp³-hybridized carbons (Fsp3) is 0.353. The fourth-order valence-electron chi connectivity index (χ4n) is 1.37. The molecule has 0 bridgehead atoms. The monoisotopic (exact) mass is 311 g/mol. The molecule has 1 N–H and O–H groups in total. The minimum atomic E-state index is -4.92. The van der Waals surface area contributed by atoms with Crippen molar-refractivity contribution in [3.63, 3.8) is 0 Å². The number of allylic oxidation sites excluding steroid dienone is 5. The van der Waals surface area contributed by atoms with Gasteiger partial charge in [-0.05, 0) is 12.2 Å². The van der Waals surface area contributed by atoms with Gasteiger partial charge in [0.1, 0.15) is 0 Å². The molecule has 22 heavy (non-hydrogen) atoms. The van der Waals surface area contributed by atoms with Gasteiger partial charge in [-0.15, -0.1) is 19.3 Å². The minimum Gasteiger partial charge on any atom is -0.318 e. The molecule has 0 atom stereocenters. The summed E-state index contributed by atoms with van der Waals surface area (Å²) in [7, 11) is 0. The maximum Gasteiger partial charge on any atom is 0.471 e. The lowest BCUT2D eigenvalue weighted by atomic mass is 9.91. The molecule has 0 saturated heterocycles. The molecule has 1 rings (SSSR count). The first-order valence-corrected chi connectivity index (χ1v) is 6.46. The average Bonchev–Trinajstić information content (AvgIpc) is 2.61. The van der Waals surface area contributed by atoms with E-state index in [0.717, 1.165) is 0 Å². The molecule has 0 aromatic rings. The summed E-state index contributed by atoms with van der Waals surface area (Å²) in [6.45, 7) is 7.70. The lowest BCUT2D eigenvalue weighted by molar-refractivity contribution is -0.172. The van der Waals surface area contributed by atoms with Crippen molar-refractivity contribution in [1.82, 2.24) is 5.32 Å². The second kappa shape index (κ2) is 9.52. The Kier molecular flexibility index (Phi) is 9.47. The van der Waals surface area contributed by atoms with E-state index in [2.05, 4.69) is 18.8 Å². The lowest BCUT2D eigenvalue weighted by Crippen LogP contribution is -2.35. The number of terminal acetylenes is 2. The van der Waals surface area contributed by atoms with Crippen LogP contribution in [0.15, 0.2) is 35.6 Å². The highest BCUT2D eigenvalue weighted by molar-refractivity contribution is 5.83. The van der Waals surface area contributed by atoms with Crippen LogP contribution >= 0.6 is 0 Å². The summed E-state index contributed by atoms with van der Waals surface area (Å²) in [6, 6.07) is 0. The Hall–Kier alpha value is -2.40. The normalized spacial score (nSPS) is 15.3. The molecule has 0 unspecified atom stereocenters. The molecule has 0 fully saturated rings. The van der Waals surface area contributed by atoms with E-state index in [9.17, 15) is 18.0 Å². The molecule has 0 spiro atoms. The highest BCUT2D eigenvalue weighted by Gasteiger charge is 2.38. The third-order valence-corrected chi connectivity index (χ3v) is 2.21. The van der Waals surface area contributed by atoms with Crippen molar-refractivity contribution in [3.05, 3.63) is 35.6 Å². The van der Waals surface area contributed by atoms with Crippen LogP contribution in [-0.4, -0.2) is 12.1 Å². The van der Waals surface area contributed by atoms with Gasteiger partial charge in [0, 0.05) is 16.7 Å². The summed E-state index contributed by atoms with van der Waals surface area (Å²) in [5.41, 5.74) is 0.0534. The molecule has 0 radical (unpaired) electrons. The van der Waals surface area contributed by atoms with E-state index >= 15 is 0 Å². The van der Waals surface area contributed by atoms with Crippen molar-refractivity contribution < 1.29 is 18.0 Å². The fourth-order valence-corrected chi connectivity index (χ4v) is 1.37. The molecule has 0 aromatic heterocycles. The Morgan fingerprint density at radius 1 is 1.27 bits per heavy atom. The summed E-state index contributed by atoms with van der Waals surface area (Å²) in [5.74, 6) is 0.335. The molecule has 1 amide bonds. The molecular formula is C17H20F3NO. The van der Waals surface area contributed by atoms with Crippen LogP contribution in [0.1, 0.15) is 27.7 Å². The quantitative estimate of drug-likeness (QED) is 0.729. The summed E-state index contributed by atoms with van der Waals surface area (Å²) < 4.78 is 36.4. The zero-order chi connectivity index (χ0) is 18.0. The van der Waals surface area contributed by atoms with Crippen LogP contribution in [0.4, 0.5) is 13.2 Å². The van der Waals surface area contributed by atoms with E-state index < -0.39 is 12.1 Å². The van der Waals surface area contributed by atoms with E-state index in [1.54, 1.807) is 17.5 Å². The Balaban J connectivity index is 0. The first-order chi connectivity index (χ1) is 10.1. The Labute approximate surface area is 130 Å². The van der Waals surface area contributed by atoms with E-state index in [4.69, 9.17) is 6.42 Å². The topological polar surface area (TPSA) is 29.1 Å². The van der Waals surface area contributed by atoms with Crippen molar-refractivity contribution >= 4 is 5.91 Å². The van der Waals surface area contributed by atoms with Crippen LogP contribution in [0, 0.1) is 30.6 Å². The van der Waals surface area contributed by atoms with E-state index in [1.807, 2.05) is 27.7 Å². The maximum atomic E-state index is 12.1. The second-order valence-electron chi connectivity index (χ2n) is 4.45. The summed E-state index contributed by atoms with van der Waals surface area (Å²) >= 11 is 0. The number of amides is 1. The molecule has 0 aromatic carbocycles. The van der Waals surface area contributed by atoms with Gasteiger partial charge in [-0.25, -0.2) is 0 Å². The number of carbonyl (C=O) groups is 1. The summed E-state index contributed by atoms with van der Waals surface area (Å²) in [4.78, 5) is 10.8. The largest absolute Gasteiger partial charge is 0.471 e. The zero-order valence-corrected chi connectivity index (χ0v) is 13.1. The Morgan fingerprint density at radius 3 is 2.18 bits per heavy atom. The molecule has 1 aliphatic rings. The standard InChI is InChI=1S/C13H12F3NO.C2H6.C2H2/c1-4-9-7-10(5-6-12(2,3)8-9)17-11(18)13(14,15)16;2*1-2/h1,5-8H,2-3H3,(H,17,18);1-2H3;1-2H. The predicted octanol–water partition coefficient (Wildman–Crippen LogP) is 3.98. The van der Waals surface area contributed by atoms with Gasteiger partial charge in [-0.3, -0.25) is 4.79 Å². The first kappa shape index (κ1) is 21.9. The van der Waals surface area contributed by atoms with Crippen LogP contribution in [0.2, 0.25) is 0 Å². The molecule has 0 heterocycles. The van der Waals surface area contributed by atoms with Gasteiger partial charge in [-0.2, -0.15) is 13.2 Å². The van der Waals surface area contributed by atoms with Crippen molar-refractivity contribution in [2.75, 3.05) is 0 Å². The van der Waals surface area contributed by atoms with Crippen LogP contribution in [-0.2, 0) is 4.79 Å². The van der Waals surface area contributed by atoms with E-state index in [-0.39, 0.29) is 11.1 Å². The second-order valence-corrected chi connectivity index (χ2v) is 4.45. The van der Waals surface area contributed by atoms with Crippen molar-refractivity contribution in [2.24, 2.45) is 5.41 Å². The molecule has 5 heteroatoms. The van der Waals surface area contributed by atoms with Crippen LogP contribution in [0.25, 0.3) is 0 Å². The number of alkyl halides is 3. The van der Waals surface area contributed by atoms with Crippen LogP contribution in [0.3, 0.4) is 0 Å². The summed E-state index contributed by atoms with van der Waals surface area (Å²) in [5, 5.41) is 1.77. The number of hydrogen-bond donors (Lipinski definition) is 1. The molecule has 2 nitrogen and oxygen atoms in total. The van der Waals surface area contributed by atoms with Crippen LogP contribution in [0.5, 0.6) is 0 Å². The van der Waals surface area contributed by atoms with E-state index in [1.165, 1.54) is 12.2 Å². The van der Waals surface area contributed by atoms with Crippen molar-refractivity contribution in [2.45, 2.75) is 33.9 Å². The predicted molar refractivity (Wildman–Crippen MR) is 83.4 cm³/mol. The Morgan fingerprint density at radius 2 is 1.77 bits per heavy atom. The van der Waals surface area contributed by atoms with Gasteiger partial charge < -0.3 is 5.32 Å². The molecular weight excluding hydrogens is 291 g/mol. The average molecular weight is 311 g/mol. The highest BCUT2D eigenvalue weighted by Crippen LogP contribution is 2.25. The Bertz CT molecular complexity index is 526. The van der Waals surface area contributed by atoms with Gasteiger partial charge in [0.25, 0.3) is 0 Å². The van der Waals surface area contributed by atoms with Gasteiger partial charge in [0.15, 0.2) is 0 Å². The first-order valence-electron chi connectivity index (χ1n) is 6.46. The SMILES string of the molecule is C#C.C#CC1=CC(C)(C)C=CC(NC(=O)C(F)(F)F)=C1.CC. The van der Waals surface area contributed by atoms with Gasteiger partial charge >= 0.3 is 12.1 Å². The van der Waals surface area contributed by atoms with Crippen molar-refractivity contribution in [3.8, 4) is 25.2 Å².